The Hall–Kier alpha value is -2.36. The van der Waals surface area contributed by atoms with E-state index in [0.29, 0.717) is 36.5 Å². The lowest BCUT2D eigenvalue weighted by Crippen LogP contribution is -2.54. The Kier molecular flexibility index (Phi) is 6.91. The summed E-state index contributed by atoms with van der Waals surface area (Å²) in [4.78, 5) is 2.45. The fourth-order valence-electron chi connectivity index (χ4n) is 6.60. The fraction of sp³-hybridized carbons (Fsp3) is 0.500. The molecule has 0 saturated carbocycles. The Bertz CT molecular complexity index is 1280. The lowest BCUT2D eigenvalue weighted by Gasteiger charge is -2.46. The van der Waals surface area contributed by atoms with Crippen LogP contribution in [-0.4, -0.2) is 43.9 Å². The summed E-state index contributed by atoms with van der Waals surface area (Å²) in [5.74, 6) is 0.238. The summed E-state index contributed by atoms with van der Waals surface area (Å²) < 4.78 is 2.20. The van der Waals surface area contributed by atoms with Crippen molar-refractivity contribution in [2.75, 3.05) is 6.54 Å². The molecular formula is C30H36ClN3O2. The third-order valence-corrected chi connectivity index (χ3v) is 8.92. The normalized spacial score (nSPS) is 24.9. The minimum absolute atomic E-state index is 0.238. The maximum Gasteiger partial charge on any atom is 0.0940 e. The minimum Gasteiger partial charge on any atom is -0.390 e. The number of hydrogen-bond donors (Lipinski definition) is 2. The summed E-state index contributed by atoms with van der Waals surface area (Å²) in [7, 11) is 0. The highest BCUT2D eigenvalue weighted by molar-refractivity contribution is 6.30. The molecule has 1 aromatic heterocycles. The second-order valence-electron chi connectivity index (χ2n) is 11.1. The first-order valence-electron chi connectivity index (χ1n) is 13.1. The molecule has 0 radical (unpaired) electrons. The molecule has 2 aliphatic heterocycles. The molecule has 2 fully saturated rings. The number of aliphatic hydroxyl groups is 2. The van der Waals surface area contributed by atoms with Crippen LogP contribution in [0, 0.1) is 24.2 Å². The monoisotopic (exact) mass is 505 g/mol. The molecule has 5 nitrogen and oxygen atoms in total. The van der Waals surface area contributed by atoms with Crippen LogP contribution < -0.4 is 0 Å². The van der Waals surface area contributed by atoms with Crippen LogP contribution in [0.2, 0.25) is 5.02 Å². The number of nitriles is 1. The van der Waals surface area contributed by atoms with E-state index >= 15 is 0 Å². The number of aliphatic hydroxyl groups excluding tert-OH is 1. The second kappa shape index (κ2) is 9.84. The van der Waals surface area contributed by atoms with E-state index in [1.165, 1.54) is 0 Å². The molecule has 2 aliphatic rings. The highest BCUT2D eigenvalue weighted by Crippen LogP contribution is 2.45. The van der Waals surface area contributed by atoms with E-state index in [-0.39, 0.29) is 5.92 Å². The van der Waals surface area contributed by atoms with Gasteiger partial charge in [-0.3, -0.25) is 4.90 Å². The summed E-state index contributed by atoms with van der Waals surface area (Å²) in [5.41, 5.74) is 4.51. The Morgan fingerprint density at radius 1 is 1.11 bits per heavy atom. The molecule has 3 unspecified atom stereocenters. The number of rotatable bonds is 7. The van der Waals surface area contributed by atoms with Crippen molar-refractivity contribution in [2.45, 2.75) is 83.1 Å². The van der Waals surface area contributed by atoms with Crippen molar-refractivity contribution in [1.82, 2.24) is 9.47 Å². The molecule has 2 bridgehead atoms. The van der Waals surface area contributed by atoms with E-state index in [0.717, 1.165) is 59.1 Å². The Morgan fingerprint density at radius 2 is 1.78 bits per heavy atom. The van der Waals surface area contributed by atoms with Crippen LogP contribution in [0.25, 0.3) is 16.6 Å². The number of benzene rings is 2. The van der Waals surface area contributed by atoms with Crippen molar-refractivity contribution in [2.24, 2.45) is 5.92 Å². The first kappa shape index (κ1) is 25.3. The molecular weight excluding hydrogens is 470 g/mol. The molecule has 5 rings (SSSR count). The number of nitrogens with zero attached hydrogens (tertiary/aromatic N) is 3. The first-order valence-corrected chi connectivity index (χ1v) is 13.5. The highest BCUT2D eigenvalue weighted by atomic mass is 35.5. The van der Waals surface area contributed by atoms with Gasteiger partial charge in [-0.2, -0.15) is 5.26 Å². The van der Waals surface area contributed by atoms with Crippen molar-refractivity contribution in [1.29, 1.82) is 5.26 Å². The van der Waals surface area contributed by atoms with E-state index in [2.05, 4.69) is 54.5 Å². The van der Waals surface area contributed by atoms with Gasteiger partial charge in [0.15, 0.2) is 0 Å². The van der Waals surface area contributed by atoms with Crippen molar-refractivity contribution in [3.05, 3.63) is 64.3 Å². The number of halogens is 1. The fourth-order valence-corrected chi connectivity index (χ4v) is 6.72. The molecule has 190 valence electrons. The van der Waals surface area contributed by atoms with Crippen molar-refractivity contribution < 1.29 is 10.2 Å². The molecule has 2 N–H and O–H groups in total. The Morgan fingerprint density at radius 3 is 2.39 bits per heavy atom. The summed E-state index contributed by atoms with van der Waals surface area (Å²) in [6.07, 6.45) is 4.26. The van der Waals surface area contributed by atoms with E-state index in [9.17, 15) is 10.2 Å². The van der Waals surface area contributed by atoms with Gasteiger partial charge in [-0.1, -0.05) is 37.6 Å². The zero-order chi connectivity index (χ0) is 25.6. The first-order chi connectivity index (χ1) is 17.2. The number of aromatic nitrogens is 1. The largest absolute Gasteiger partial charge is 0.390 e. The quantitative estimate of drug-likeness (QED) is 0.407. The summed E-state index contributed by atoms with van der Waals surface area (Å²) in [6.45, 7) is 6.87. The van der Waals surface area contributed by atoms with Gasteiger partial charge in [-0.05, 0) is 80.8 Å². The Labute approximate surface area is 218 Å². The molecule has 36 heavy (non-hydrogen) atoms. The average molecular weight is 506 g/mol. The SMILES string of the molecule is Cc1c(C(O)CN2C3CCC2CC(O)(C(C)C)C3)c2ccc(CCC#N)cc2n1-c1ccc(Cl)cc1. The average Bonchev–Trinajstić information content (AvgIpc) is 3.26. The third kappa shape index (κ3) is 4.46. The van der Waals surface area contributed by atoms with Crippen molar-refractivity contribution >= 4 is 22.5 Å². The number of fused-ring (bicyclic) bond motifs is 3. The van der Waals surface area contributed by atoms with Gasteiger partial charge in [0.2, 0.25) is 0 Å². The number of piperidine rings is 1. The molecule has 0 aliphatic carbocycles. The smallest absolute Gasteiger partial charge is 0.0940 e. The standard InChI is InChI=1S/C30H36ClN3O2/c1-19(2)30(36)16-24-11-12-25(17-30)33(24)18-28(35)29-20(3)34(23-9-7-22(31)8-10-23)27-15-21(5-4-14-32)6-13-26(27)29/h6-10,13,15,19,24-25,28,35-36H,4-5,11-12,16-18H2,1-3H3. The minimum atomic E-state index is -0.639. The molecule has 6 heteroatoms. The number of hydrogen-bond acceptors (Lipinski definition) is 4. The van der Waals surface area contributed by atoms with Gasteiger partial charge in [0.1, 0.15) is 0 Å². The van der Waals surface area contributed by atoms with Crippen LogP contribution in [-0.2, 0) is 6.42 Å². The van der Waals surface area contributed by atoms with Gasteiger partial charge >= 0.3 is 0 Å². The van der Waals surface area contributed by atoms with Gasteiger partial charge in [0.25, 0.3) is 0 Å². The van der Waals surface area contributed by atoms with Crippen LogP contribution in [0.15, 0.2) is 42.5 Å². The zero-order valence-electron chi connectivity index (χ0n) is 21.4. The highest BCUT2D eigenvalue weighted by Gasteiger charge is 2.49. The van der Waals surface area contributed by atoms with E-state index in [1.54, 1.807) is 0 Å². The lowest BCUT2D eigenvalue weighted by atomic mass is 9.78. The van der Waals surface area contributed by atoms with E-state index in [1.807, 2.05) is 24.3 Å². The van der Waals surface area contributed by atoms with Crippen LogP contribution in [0.5, 0.6) is 0 Å². The molecule has 2 saturated heterocycles. The maximum atomic E-state index is 11.7. The van der Waals surface area contributed by atoms with Crippen molar-refractivity contribution in [3.63, 3.8) is 0 Å². The van der Waals surface area contributed by atoms with Gasteiger partial charge in [0.05, 0.1) is 23.3 Å². The predicted octanol–water partition coefficient (Wildman–Crippen LogP) is 6.10. The van der Waals surface area contributed by atoms with Crippen LogP contribution in [0.1, 0.15) is 68.9 Å². The number of aryl methyl sites for hydroxylation is 1. The zero-order valence-corrected chi connectivity index (χ0v) is 22.2. The summed E-state index contributed by atoms with van der Waals surface area (Å²) in [6, 6.07) is 17.0. The van der Waals surface area contributed by atoms with Gasteiger partial charge in [0, 0.05) is 52.4 Å². The van der Waals surface area contributed by atoms with Gasteiger partial charge in [-0.15, -0.1) is 0 Å². The molecule has 2 aromatic carbocycles. The van der Waals surface area contributed by atoms with Gasteiger partial charge < -0.3 is 14.8 Å². The lowest BCUT2D eigenvalue weighted by molar-refractivity contribution is -0.0891. The van der Waals surface area contributed by atoms with Crippen LogP contribution in [0.4, 0.5) is 0 Å². The van der Waals surface area contributed by atoms with Gasteiger partial charge in [-0.25, -0.2) is 0 Å². The molecule has 3 heterocycles. The molecule has 3 aromatic rings. The van der Waals surface area contributed by atoms with Crippen LogP contribution >= 0.6 is 11.6 Å². The molecule has 3 atom stereocenters. The van der Waals surface area contributed by atoms with E-state index < -0.39 is 11.7 Å². The van der Waals surface area contributed by atoms with Crippen LogP contribution in [0.3, 0.4) is 0 Å². The summed E-state index contributed by atoms with van der Waals surface area (Å²) >= 11 is 6.17. The summed E-state index contributed by atoms with van der Waals surface area (Å²) in [5, 5.41) is 33.7. The Balaban J connectivity index is 1.52. The maximum absolute atomic E-state index is 11.7. The molecule has 0 spiro atoms. The van der Waals surface area contributed by atoms with E-state index in [4.69, 9.17) is 16.9 Å². The second-order valence-corrected chi connectivity index (χ2v) is 11.5. The third-order valence-electron chi connectivity index (χ3n) is 8.67. The topological polar surface area (TPSA) is 72.4 Å². The predicted molar refractivity (Wildman–Crippen MR) is 144 cm³/mol. The molecule has 0 amide bonds. The van der Waals surface area contributed by atoms with Crippen molar-refractivity contribution in [3.8, 4) is 11.8 Å².